The summed E-state index contributed by atoms with van der Waals surface area (Å²) >= 11 is 0. The molecule has 0 aliphatic carbocycles. The van der Waals surface area contributed by atoms with Gasteiger partial charge in [-0.3, -0.25) is 9.59 Å². The lowest BCUT2D eigenvalue weighted by atomic mass is 9.98. The zero-order valence-corrected chi connectivity index (χ0v) is 11.9. The van der Waals surface area contributed by atoms with Crippen molar-refractivity contribution in [1.29, 1.82) is 0 Å². The Morgan fingerprint density at radius 3 is 2.84 bits per heavy atom. The summed E-state index contributed by atoms with van der Waals surface area (Å²) in [5.74, 6) is 0.695. The van der Waals surface area contributed by atoms with Gasteiger partial charge in [0, 0.05) is 32.1 Å². The second-order valence-electron chi connectivity index (χ2n) is 6.03. The van der Waals surface area contributed by atoms with Crippen molar-refractivity contribution in [2.45, 2.75) is 39.2 Å². The number of carbonyl (C=O) groups is 2. The van der Waals surface area contributed by atoms with Gasteiger partial charge in [0.2, 0.25) is 11.8 Å². The lowest BCUT2D eigenvalue weighted by molar-refractivity contribution is -0.129. The van der Waals surface area contributed by atoms with Crippen LogP contribution in [-0.2, 0) is 9.59 Å². The van der Waals surface area contributed by atoms with Crippen LogP contribution in [0.5, 0.6) is 0 Å². The second-order valence-corrected chi connectivity index (χ2v) is 6.03. The first kappa shape index (κ1) is 14.3. The molecule has 2 unspecified atom stereocenters. The second kappa shape index (κ2) is 6.37. The molecule has 5 heteroatoms. The van der Waals surface area contributed by atoms with E-state index in [-0.39, 0.29) is 17.7 Å². The van der Waals surface area contributed by atoms with E-state index in [9.17, 15) is 9.59 Å². The molecule has 2 amide bonds. The van der Waals surface area contributed by atoms with Crippen molar-refractivity contribution in [2.24, 2.45) is 11.8 Å². The van der Waals surface area contributed by atoms with E-state index in [1.807, 2.05) is 0 Å². The van der Waals surface area contributed by atoms with Crippen LogP contribution >= 0.6 is 0 Å². The Morgan fingerprint density at radius 1 is 1.47 bits per heavy atom. The van der Waals surface area contributed by atoms with Crippen LogP contribution in [0.15, 0.2) is 0 Å². The van der Waals surface area contributed by atoms with Crippen molar-refractivity contribution < 1.29 is 9.59 Å². The molecule has 2 rings (SSSR count). The normalized spacial score (nSPS) is 28.5. The number of piperidine rings is 1. The molecule has 0 aromatic rings. The van der Waals surface area contributed by atoms with E-state index >= 15 is 0 Å². The van der Waals surface area contributed by atoms with Crippen LogP contribution in [0.1, 0.15) is 33.1 Å². The standard InChI is InChI=1S/C14H25N3O2/c1-10(2)17-6-5-11(9-17)7-16-14(19)12-3-4-13(18)15-8-12/h10-12H,3-9H2,1-2H3,(H,15,18)(H,16,19). The van der Waals surface area contributed by atoms with Gasteiger partial charge in [-0.25, -0.2) is 0 Å². The summed E-state index contributed by atoms with van der Waals surface area (Å²) < 4.78 is 0. The number of carbonyl (C=O) groups excluding carboxylic acids is 2. The van der Waals surface area contributed by atoms with Crippen LogP contribution in [0.2, 0.25) is 0 Å². The highest BCUT2D eigenvalue weighted by atomic mass is 16.2. The fraction of sp³-hybridized carbons (Fsp3) is 0.857. The van der Waals surface area contributed by atoms with Gasteiger partial charge >= 0.3 is 0 Å². The Labute approximate surface area is 115 Å². The molecule has 0 bridgehead atoms. The summed E-state index contributed by atoms with van der Waals surface area (Å²) in [6.07, 6.45) is 2.32. The van der Waals surface area contributed by atoms with Crippen LogP contribution in [0, 0.1) is 11.8 Å². The lowest BCUT2D eigenvalue weighted by Crippen LogP contribution is -2.44. The van der Waals surface area contributed by atoms with E-state index in [4.69, 9.17) is 0 Å². The molecule has 2 atom stereocenters. The SMILES string of the molecule is CC(C)N1CCC(CNC(=O)C2CCC(=O)NC2)C1. The van der Waals surface area contributed by atoms with E-state index in [2.05, 4.69) is 29.4 Å². The predicted octanol–water partition coefficient (Wildman–Crippen LogP) is 0.359. The minimum Gasteiger partial charge on any atom is -0.355 e. The van der Waals surface area contributed by atoms with Crippen molar-refractivity contribution in [2.75, 3.05) is 26.2 Å². The third-order valence-electron chi connectivity index (χ3n) is 4.25. The molecule has 0 aromatic carbocycles. The first-order valence-electron chi connectivity index (χ1n) is 7.34. The van der Waals surface area contributed by atoms with Gasteiger partial charge in [-0.1, -0.05) is 0 Å². The quantitative estimate of drug-likeness (QED) is 0.773. The first-order chi connectivity index (χ1) is 9.06. The molecule has 108 valence electrons. The van der Waals surface area contributed by atoms with E-state index in [1.54, 1.807) is 0 Å². The van der Waals surface area contributed by atoms with Crippen molar-refractivity contribution in [1.82, 2.24) is 15.5 Å². The van der Waals surface area contributed by atoms with Crippen molar-refractivity contribution in [3.63, 3.8) is 0 Å². The third-order valence-corrected chi connectivity index (χ3v) is 4.25. The molecule has 0 spiro atoms. The zero-order chi connectivity index (χ0) is 13.8. The molecule has 0 saturated carbocycles. The van der Waals surface area contributed by atoms with Crippen LogP contribution in [-0.4, -0.2) is 48.9 Å². The maximum Gasteiger partial charge on any atom is 0.224 e. The highest BCUT2D eigenvalue weighted by molar-refractivity contribution is 5.83. The van der Waals surface area contributed by atoms with E-state index < -0.39 is 0 Å². The van der Waals surface area contributed by atoms with Crippen LogP contribution < -0.4 is 10.6 Å². The molecule has 5 nitrogen and oxygen atoms in total. The maximum atomic E-state index is 12.0. The number of nitrogens with one attached hydrogen (secondary N) is 2. The first-order valence-corrected chi connectivity index (χ1v) is 7.34. The fourth-order valence-corrected chi connectivity index (χ4v) is 2.84. The summed E-state index contributed by atoms with van der Waals surface area (Å²) in [6, 6.07) is 0.592. The van der Waals surface area contributed by atoms with Gasteiger partial charge < -0.3 is 15.5 Å². The summed E-state index contributed by atoms with van der Waals surface area (Å²) in [5, 5.41) is 5.81. The highest BCUT2D eigenvalue weighted by Crippen LogP contribution is 2.18. The Morgan fingerprint density at radius 2 is 2.26 bits per heavy atom. The van der Waals surface area contributed by atoms with E-state index in [0.29, 0.717) is 31.3 Å². The topological polar surface area (TPSA) is 61.4 Å². The Bertz CT molecular complexity index is 334. The van der Waals surface area contributed by atoms with Crippen molar-refractivity contribution >= 4 is 11.8 Å². The maximum absolute atomic E-state index is 12.0. The van der Waals surface area contributed by atoms with Gasteiger partial charge in [0.15, 0.2) is 0 Å². The summed E-state index contributed by atoms with van der Waals surface area (Å²) in [5.41, 5.74) is 0. The molecule has 2 heterocycles. The molecule has 0 radical (unpaired) electrons. The smallest absolute Gasteiger partial charge is 0.224 e. The monoisotopic (exact) mass is 267 g/mol. The van der Waals surface area contributed by atoms with E-state index in [0.717, 1.165) is 19.6 Å². The zero-order valence-electron chi connectivity index (χ0n) is 11.9. The predicted molar refractivity (Wildman–Crippen MR) is 73.6 cm³/mol. The average molecular weight is 267 g/mol. The molecule has 0 aromatic heterocycles. The Kier molecular flexibility index (Phi) is 4.80. The van der Waals surface area contributed by atoms with E-state index in [1.165, 1.54) is 6.42 Å². The van der Waals surface area contributed by atoms with Gasteiger partial charge in [-0.2, -0.15) is 0 Å². The largest absolute Gasteiger partial charge is 0.355 e. The van der Waals surface area contributed by atoms with Crippen molar-refractivity contribution in [3.05, 3.63) is 0 Å². The van der Waals surface area contributed by atoms with Gasteiger partial charge in [-0.05, 0) is 39.2 Å². The van der Waals surface area contributed by atoms with Gasteiger partial charge in [0.25, 0.3) is 0 Å². The summed E-state index contributed by atoms with van der Waals surface area (Å²) in [7, 11) is 0. The molecule has 2 aliphatic rings. The molecule has 2 aliphatic heterocycles. The van der Waals surface area contributed by atoms with Crippen LogP contribution in [0.3, 0.4) is 0 Å². The number of likely N-dealkylation sites (tertiary alicyclic amines) is 1. The molecule has 2 fully saturated rings. The highest BCUT2D eigenvalue weighted by Gasteiger charge is 2.27. The molecular weight excluding hydrogens is 242 g/mol. The minimum atomic E-state index is -0.0414. The summed E-state index contributed by atoms with van der Waals surface area (Å²) in [6.45, 7) is 7.91. The molecule has 19 heavy (non-hydrogen) atoms. The van der Waals surface area contributed by atoms with Gasteiger partial charge in [0.05, 0.1) is 5.92 Å². The molecule has 2 N–H and O–H groups in total. The third kappa shape index (κ3) is 3.93. The number of hydrogen-bond acceptors (Lipinski definition) is 3. The minimum absolute atomic E-state index is 0.0414. The average Bonchev–Trinajstić information content (AvgIpc) is 2.86. The summed E-state index contributed by atoms with van der Waals surface area (Å²) in [4.78, 5) is 25.5. The molecular formula is C14H25N3O2. The number of nitrogens with zero attached hydrogens (tertiary/aromatic N) is 1. The van der Waals surface area contributed by atoms with Gasteiger partial charge in [-0.15, -0.1) is 0 Å². The number of amides is 2. The van der Waals surface area contributed by atoms with Crippen LogP contribution in [0.25, 0.3) is 0 Å². The number of hydrogen-bond donors (Lipinski definition) is 2. The van der Waals surface area contributed by atoms with Gasteiger partial charge in [0.1, 0.15) is 0 Å². The lowest BCUT2D eigenvalue weighted by Gasteiger charge is -2.23. The van der Waals surface area contributed by atoms with Crippen LogP contribution in [0.4, 0.5) is 0 Å². The molecule has 2 saturated heterocycles. The van der Waals surface area contributed by atoms with Crippen molar-refractivity contribution in [3.8, 4) is 0 Å². The number of rotatable bonds is 4. The Hall–Kier alpha value is -1.10. The fourth-order valence-electron chi connectivity index (χ4n) is 2.84. The Balaban J connectivity index is 1.68.